The number of amides is 1. The van der Waals surface area contributed by atoms with Crippen LogP contribution in [0.1, 0.15) is 12.8 Å². The number of anilines is 1. The van der Waals surface area contributed by atoms with E-state index in [2.05, 4.69) is 15.1 Å². The lowest BCUT2D eigenvalue weighted by Gasteiger charge is -2.32. The molecule has 0 spiro atoms. The minimum absolute atomic E-state index is 0.164. The molecule has 1 aromatic carbocycles. The highest BCUT2D eigenvalue weighted by Crippen LogP contribution is 2.22. The fourth-order valence-corrected chi connectivity index (χ4v) is 3.53. The number of aromatic amines is 1. The van der Waals surface area contributed by atoms with Gasteiger partial charge >= 0.3 is 6.18 Å². The van der Waals surface area contributed by atoms with Crippen LogP contribution in [-0.4, -0.2) is 51.5 Å². The quantitative estimate of drug-likeness (QED) is 0.673. The Balaban J connectivity index is 1.60. The van der Waals surface area contributed by atoms with Gasteiger partial charge in [-0.25, -0.2) is 4.68 Å². The molecule has 30 heavy (non-hydrogen) atoms. The molecule has 8 nitrogen and oxygen atoms in total. The minimum Gasteiger partial charge on any atom is -0.347 e. The second-order valence-corrected chi connectivity index (χ2v) is 7.14. The molecule has 2 aromatic heterocycles. The summed E-state index contributed by atoms with van der Waals surface area (Å²) in [6, 6.07) is 9.20. The molecule has 1 fully saturated rings. The topological polar surface area (TPSA) is 95.9 Å². The average molecular weight is 420 g/mol. The first-order chi connectivity index (χ1) is 14.3. The Hall–Kier alpha value is -3.37. The van der Waals surface area contributed by atoms with Gasteiger partial charge in [-0.2, -0.15) is 23.3 Å². The number of hydrogen-bond acceptors (Lipinski definition) is 5. The summed E-state index contributed by atoms with van der Waals surface area (Å²) in [7, 11) is 0. The molecule has 2 N–H and O–H groups in total. The van der Waals surface area contributed by atoms with Gasteiger partial charge in [0, 0.05) is 13.1 Å². The van der Waals surface area contributed by atoms with E-state index in [1.807, 2.05) is 35.6 Å². The van der Waals surface area contributed by atoms with Gasteiger partial charge in [-0.3, -0.25) is 14.6 Å². The first-order valence-corrected chi connectivity index (χ1v) is 9.45. The van der Waals surface area contributed by atoms with Crippen LogP contribution in [0, 0.1) is 5.92 Å². The third-order valence-electron chi connectivity index (χ3n) is 4.98. The summed E-state index contributed by atoms with van der Waals surface area (Å²) in [5.74, 6) is -1.02. The largest absolute Gasteiger partial charge is 0.405 e. The van der Waals surface area contributed by atoms with Crippen molar-refractivity contribution in [3.05, 3.63) is 46.9 Å². The highest BCUT2D eigenvalue weighted by molar-refractivity contribution is 5.80. The number of carbonyl (C=O) groups is 1. The lowest BCUT2D eigenvalue weighted by Crippen LogP contribution is -2.46. The summed E-state index contributed by atoms with van der Waals surface area (Å²) in [6.07, 6.45) is -1.97. The van der Waals surface area contributed by atoms with Crippen LogP contribution in [0.2, 0.25) is 0 Å². The Labute approximate surface area is 168 Å². The van der Waals surface area contributed by atoms with Gasteiger partial charge < -0.3 is 10.2 Å². The maximum Gasteiger partial charge on any atom is 0.405 e. The second-order valence-electron chi connectivity index (χ2n) is 7.14. The zero-order chi connectivity index (χ0) is 21.3. The number of H-pyrrole nitrogens is 1. The summed E-state index contributed by atoms with van der Waals surface area (Å²) < 4.78 is 38.7. The van der Waals surface area contributed by atoms with Crippen LogP contribution >= 0.6 is 0 Å². The summed E-state index contributed by atoms with van der Waals surface area (Å²) in [5.41, 5.74) is 0.726. The van der Waals surface area contributed by atoms with Crippen LogP contribution in [0.25, 0.3) is 16.7 Å². The molecule has 11 heteroatoms. The molecule has 1 amide bonds. The van der Waals surface area contributed by atoms with E-state index in [-0.39, 0.29) is 18.1 Å². The molecule has 0 aliphatic carbocycles. The van der Waals surface area contributed by atoms with Crippen molar-refractivity contribution in [3.63, 3.8) is 0 Å². The predicted molar refractivity (Wildman–Crippen MR) is 103 cm³/mol. The molecule has 0 bridgehead atoms. The van der Waals surface area contributed by atoms with Gasteiger partial charge in [-0.1, -0.05) is 18.2 Å². The van der Waals surface area contributed by atoms with Crippen LogP contribution in [0.15, 0.2) is 41.3 Å². The van der Waals surface area contributed by atoms with Gasteiger partial charge in [0.2, 0.25) is 11.9 Å². The molecule has 1 atom stereocenters. The standard InChI is InChI=1S/C19H19F3N6O2/c20-19(21,22)11-23-16(29)12-5-4-8-27(10-12)18-25-15-14(17(30)26-18)9-24-28(15)13-6-2-1-3-7-13/h1-3,6-7,9,12H,4-5,8,10-11H2,(H,23,29)(H,25,26,30). The van der Waals surface area contributed by atoms with E-state index in [4.69, 9.17) is 0 Å². The average Bonchev–Trinajstić information content (AvgIpc) is 3.17. The highest BCUT2D eigenvalue weighted by atomic mass is 19.4. The van der Waals surface area contributed by atoms with E-state index in [0.29, 0.717) is 30.4 Å². The Morgan fingerprint density at radius 3 is 2.77 bits per heavy atom. The molecule has 1 aliphatic rings. The predicted octanol–water partition coefficient (Wildman–Crippen LogP) is 2.00. The fraction of sp³-hybridized carbons (Fsp3) is 0.368. The lowest BCUT2D eigenvalue weighted by molar-refractivity contribution is -0.140. The number of carbonyl (C=O) groups excluding carboxylic acids is 1. The van der Waals surface area contributed by atoms with Gasteiger partial charge in [0.1, 0.15) is 11.9 Å². The monoisotopic (exact) mass is 420 g/mol. The van der Waals surface area contributed by atoms with Gasteiger partial charge in [-0.05, 0) is 25.0 Å². The molecule has 0 radical (unpaired) electrons. The number of fused-ring (bicyclic) bond motifs is 1. The number of aromatic nitrogens is 4. The molecular formula is C19H19F3N6O2. The van der Waals surface area contributed by atoms with Gasteiger partial charge in [0.05, 0.1) is 17.8 Å². The van der Waals surface area contributed by atoms with E-state index in [0.717, 1.165) is 5.69 Å². The molecule has 3 heterocycles. The maximum atomic E-state index is 12.5. The molecule has 1 saturated heterocycles. The summed E-state index contributed by atoms with van der Waals surface area (Å²) >= 11 is 0. The van der Waals surface area contributed by atoms with Crippen LogP contribution in [0.4, 0.5) is 19.1 Å². The van der Waals surface area contributed by atoms with E-state index >= 15 is 0 Å². The van der Waals surface area contributed by atoms with Gasteiger partial charge in [0.15, 0.2) is 5.65 Å². The van der Waals surface area contributed by atoms with Gasteiger partial charge in [0.25, 0.3) is 5.56 Å². The zero-order valence-corrected chi connectivity index (χ0v) is 15.8. The minimum atomic E-state index is -4.46. The second kappa shape index (κ2) is 7.81. The number of para-hydroxylation sites is 1. The Morgan fingerprint density at radius 2 is 2.03 bits per heavy atom. The number of alkyl halides is 3. The van der Waals surface area contributed by atoms with Crippen molar-refractivity contribution < 1.29 is 18.0 Å². The first-order valence-electron chi connectivity index (χ1n) is 9.45. The van der Waals surface area contributed by atoms with E-state index in [1.165, 1.54) is 6.20 Å². The van der Waals surface area contributed by atoms with Crippen LogP contribution in [0.5, 0.6) is 0 Å². The van der Waals surface area contributed by atoms with Crippen LogP contribution in [-0.2, 0) is 4.79 Å². The van der Waals surface area contributed by atoms with E-state index < -0.39 is 24.5 Å². The SMILES string of the molecule is O=C(NCC(F)(F)F)C1CCCN(c2nc3c(cnn3-c3ccccc3)c(=O)[nH]2)C1. The number of nitrogens with one attached hydrogen (secondary N) is 2. The number of hydrogen-bond donors (Lipinski definition) is 2. The normalized spacial score (nSPS) is 17.3. The molecule has 0 saturated carbocycles. The molecule has 158 valence electrons. The van der Waals surface area contributed by atoms with Crippen molar-refractivity contribution in [3.8, 4) is 5.69 Å². The van der Waals surface area contributed by atoms with Crippen LogP contribution < -0.4 is 15.8 Å². The third-order valence-corrected chi connectivity index (χ3v) is 4.98. The van der Waals surface area contributed by atoms with Gasteiger partial charge in [-0.15, -0.1) is 0 Å². The fourth-order valence-electron chi connectivity index (χ4n) is 3.53. The Bertz CT molecular complexity index is 1110. The molecule has 4 rings (SSSR count). The third kappa shape index (κ3) is 4.14. The van der Waals surface area contributed by atoms with Crippen molar-refractivity contribution in [1.82, 2.24) is 25.1 Å². The number of nitrogens with zero attached hydrogens (tertiary/aromatic N) is 4. The maximum absolute atomic E-state index is 12.5. The van der Waals surface area contributed by atoms with E-state index in [1.54, 1.807) is 9.58 Å². The Kier molecular flexibility index (Phi) is 5.18. The number of benzene rings is 1. The first kappa shape index (κ1) is 19.9. The van der Waals surface area contributed by atoms with E-state index in [9.17, 15) is 22.8 Å². The van der Waals surface area contributed by atoms with Crippen molar-refractivity contribution in [2.45, 2.75) is 19.0 Å². The smallest absolute Gasteiger partial charge is 0.347 e. The van der Waals surface area contributed by atoms with Crippen molar-refractivity contribution in [2.24, 2.45) is 5.92 Å². The van der Waals surface area contributed by atoms with Crippen LogP contribution in [0.3, 0.4) is 0 Å². The molecule has 3 aromatic rings. The number of rotatable bonds is 4. The summed E-state index contributed by atoms with van der Waals surface area (Å²) in [6.45, 7) is -0.672. The highest BCUT2D eigenvalue weighted by Gasteiger charge is 2.32. The summed E-state index contributed by atoms with van der Waals surface area (Å²) in [4.78, 5) is 33.6. The molecular weight excluding hydrogens is 401 g/mol. The Morgan fingerprint density at radius 1 is 1.27 bits per heavy atom. The summed E-state index contributed by atoms with van der Waals surface area (Å²) in [5, 5.41) is 6.50. The molecule has 1 aliphatic heterocycles. The zero-order valence-electron chi connectivity index (χ0n) is 15.8. The molecule has 1 unspecified atom stereocenters. The van der Waals surface area contributed by atoms with Crippen molar-refractivity contribution >= 4 is 22.9 Å². The lowest BCUT2D eigenvalue weighted by atomic mass is 9.97. The number of piperidine rings is 1. The number of halogens is 3. The van der Waals surface area contributed by atoms with Crippen molar-refractivity contribution in [2.75, 3.05) is 24.5 Å². The van der Waals surface area contributed by atoms with Crippen molar-refractivity contribution in [1.29, 1.82) is 0 Å².